The SMILES string of the molecule is CCCC(C)N(C)C(=O)C(Cc1cn(-c2cncc(C(=O)O)c2)nn1)C1CC1. The number of aromatic nitrogens is 4. The molecular formula is C20H27N5O3. The molecule has 1 amide bonds. The lowest BCUT2D eigenvalue weighted by atomic mass is 9.95. The van der Waals surface area contributed by atoms with Crippen molar-refractivity contribution >= 4 is 11.9 Å². The van der Waals surface area contributed by atoms with Gasteiger partial charge in [0.05, 0.1) is 29.3 Å². The molecule has 8 nitrogen and oxygen atoms in total. The summed E-state index contributed by atoms with van der Waals surface area (Å²) in [6, 6.07) is 1.72. The van der Waals surface area contributed by atoms with E-state index in [0.717, 1.165) is 31.4 Å². The van der Waals surface area contributed by atoms with Crippen LogP contribution in [0.3, 0.4) is 0 Å². The molecule has 150 valence electrons. The molecule has 1 fully saturated rings. The summed E-state index contributed by atoms with van der Waals surface area (Å²) < 4.78 is 1.51. The summed E-state index contributed by atoms with van der Waals surface area (Å²) in [6.45, 7) is 4.21. The van der Waals surface area contributed by atoms with Crippen LogP contribution in [0.15, 0.2) is 24.7 Å². The van der Waals surface area contributed by atoms with Crippen molar-refractivity contribution in [2.24, 2.45) is 11.8 Å². The zero-order valence-electron chi connectivity index (χ0n) is 16.6. The van der Waals surface area contributed by atoms with E-state index in [4.69, 9.17) is 5.11 Å². The predicted octanol–water partition coefficient (Wildman–Crippen LogP) is 2.58. The molecule has 1 aliphatic rings. The van der Waals surface area contributed by atoms with E-state index in [1.54, 1.807) is 6.20 Å². The average molecular weight is 385 g/mol. The van der Waals surface area contributed by atoms with Gasteiger partial charge in [-0.15, -0.1) is 5.10 Å². The van der Waals surface area contributed by atoms with E-state index in [-0.39, 0.29) is 23.4 Å². The third-order valence-electron chi connectivity index (χ3n) is 5.43. The van der Waals surface area contributed by atoms with Crippen LogP contribution in [0.5, 0.6) is 0 Å². The third-order valence-corrected chi connectivity index (χ3v) is 5.43. The van der Waals surface area contributed by atoms with Crippen molar-refractivity contribution in [2.75, 3.05) is 7.05 Å². The molecule has 0 aromatic carbocycles. The summed E-state index contributed by atoms with van der Waals surface area (Å²) in [4.78, 5) is 30.0. The second-order valence-corrected chi connectivity index (χ2v) is 7.63. The van der Waals surface area contributed by atoms with E-state index < -0.39 is 5.97 Å². The number of pyridine rings is 1. The number of carboxylic acid groups (broad SMARTS) is 1. The number of aromatic carboxylic acids is 1. The van der Waals surface area contributed by atoms with Gasteiger partial charge in [0.1, 0.15) is 0 Å². The van der Waals surface area contributed by atoms with Gasteiger partial charge in [-0.2, -0.15) is 0 Å². The zero-order valence-corrected chi connectivity index (χ0v) is 16.6. The topological polar surface area (TPSA) is 101 Å². The second-order valence-electron chi connectivity index (χ2n) is 7.63. The van der Waals surface area contributed by atoms with Crippen LogP contribution in [-0.2, 0) is 11.2 Å². The highest BCUT2D eigenvalue weighted by Gasteiger charge is 2.38. The average Bonchev–Trinajstić information content (AvgIpc) is 3.42. The lowest BCUT2D eigenvalue weighted by Crippen LogP contribution is -2.40. The standard InChI is InChI=1S/C20H27N5O3/c1-4-5-13(2)24(3)19(26)18(14-6-7-14)9-16-12-25(23-22-16)17-8-15(20(27)28)10-21-11-17/h8,10-14,18H,4-7,9H2,1-3H3,(H,27,28). The normalized spacial score (nSPS) is 15.8. The van der Waals surface area contributed by atoms with Crippen molar-refractivity contribution in [1.29, 1.82) is 0 Å². The summed E-state index contributed by atoms with van der Waals surface area (Å²) in [5.74, 6) is -0.547. The van der Waals surface area contributed by atoms with E-state index in [1.807, 2.05) is 11.9 Å². The highest BCUT2D eigenvalue weighted by atomic mass is 16.4. The first-order valence-electron chi connectivity index (χ1n) is 9.77. The Labute approximate surface area is 164 Å². The van der Waals surface area contributed by atoms with Crippen molar-refractivity contribution in [1.82, 2.24) is 24.9 Å². The van der Waals surface area contributed by atoms with Crippen molar-refractivity contribution < 1.29 is 14.7 Å². The first-order valence-corrected chi connectivity index (χ1v) is 9.77. The van der Waals surface area contributed by atoms with Crippen LogP contribution in [0.25, 0.3) is 5.69 Å². The number of carbonyl (C=O) groups is 2. The summed E-state index contributed by atoms with van der Waals surface area (Å²) >= 11 is 0. The lowest BCUT2D eigenvalue weighted by molar-refractivity contribution is -0.136. The fraction of sp³-hybridized carbons (Fsp3) is 0.550. The Balaban J connectivity index is 1.74. The minimum Gasteiger partial charge on any atom is -0.478 e. The maximum absolute atomic E-state index is 13.0. The molecule has 1 N–H and O–H groups in total. The Morgan fingerprint density at radius 3 is 2.75 bits per heavy atom. The lowest BCUT2D eigenvalue weighted by Gasteiger charge is -2.28. The molecule has 8 heteroatoms. The number of amides is 1. The summed E-state index contributed by atoms with van der Waals surface area (Å²) in [5, 5.41) is 17.4. The smallest absolute Gasteiger partial charge is 0.337 e. The van der Waals surface area contributed by atoms with Gasteiger partial charge in [-0.25, -0.2) is 9.48 Å². The van der Waals surface area contributed by atoms with E-state index in [2.05, 4.69) is 29.1 Å². The molecule has 2 heterocycles. The number of carboxylic acids is 1. The Morgan fingerprint density at radius 2 is 2.11 bits per heavy atom. The second kappa shape index (κ2) is 8.50. The molecule has 0 aliphatic heterocycles. The summed E-state index contributed by atoms with van der Waals surface area (Å²) in [5.41, 5.74) is 1.34. The molecule has 2 atom stereocenters. The minimum absolute atomic E-state index is 0.0852. The van der Waals surface area contributed by atoms with E-state index in [1.165, 1.54) is 23.1 Å². The molecule has 0 bridgehead atoms. The Hall–Kier alpha value is -2.77. The number of hydrogen-bond donors (Lipinski definition) is 1. The zero-order chi connectivity index (χ0) is 20.3. The van der Waals surface area contributed by atoms with Crippen LogP contribution in [0.4, 0.5) is 0 Å². The molecule has 0 spiro atoms. The number of hydrogen-bond acceptors (Lipinski definition) is 5. The quantitative estimate of drug-likeness (QED) is 0.712. The van der Waals surface area contributed by atoms with Crippen molar-refractivity contribution in [3.8, 4) is 5.69 Å². The molecule has 0 radical (unpaired) electrons. The van der Waals surface area contributed by atoms with Crippen LogP contribution < -0.4 is 0 Å². The molecule has 1 saturated carbocycles. The Morgan fingerprint density at radius 1 is 1.36 bits per heavy atom. The molecule has 28 heavy (non-hydrogen) atoms. The number of nitrogens with zero attached hydrogens (tertiary/aromatic N) is 5. The van der Waals surface area contributed by atoms with Crippen molar-refractivity contribution in [2.45, 2.75) is 52.0 Å². The summed E-state index contributed by atoms with van der Waals surface area (Å²) in [7, 11) is 1.89. The van der Waals surface area contributed by atoms with Gasteiger partial charge < -0.3 is 10.0 Å². The van der Waals surface area contributed by atoms with Crippen molar-refractivity contribution in [3.63, 3.8) is 0 Å². The monoisotopic (exact) mass is 385 g/mol. The van der Waals surface area contributed by atoms with Gasteiger partial charge in [-0.3, -0.25) is 9.78 Å². The van der Waals surface area contributed by atoms with E-state index in [0.29, 0.717) is 18.0 Å². The number of carbonyl (C=O) groups excluding carboxylic acids is 1. The van der Waals surface area contributed by atoms with Gasteiger partial charge in [0.15, 0.2) is 0 Å². The van der Waals surface area contributed by atoms with Crippen molar-refractivity contribution in [3.05, 3.63) is 35.9 Å². The third kappa shape index (κ3) is 4.55. The number of rotatable bonds is 9. The van der Waals surface area contributed by atoms with E-state index in [9.17, 15) is 9.59 Å². The van der Waals surface area contributed by atoms with Crippen LogP contribution in [0.1, 0.15) is 55.6 Å². The van der Waals surface area contributed by atoms with Crippen LogP contribution in [-0.4, -0.2) is 55.0 Å². The molecule has 1 aliphatic carbocycles. The van der Waals surface area contributed by atoms with E-state index >= 15 is 0 Å². The highest BCUT2D eigenvalue weighted by molar-refractivity contribution is 5.87. The largest absolute Gasteiger partial charge is 0.478 e. The highest BCUT2D eigenvalue weighted by Crippen LogP contribution is 2.39. The maximum Gasteiger partial charge on any atom is 0.337 e. The molecule has 2 unspecified atom stereocenters. The van der Waals surface area contributed by atoms with Gasteiger partial charge in [-0.05, 0) is 38.2 Å². The van der Waals surface area contributed by atoms with Gasteiger partial charge in [0.2, 0.25) is 5.91 Å². The van der Waals surface area contributed by atoms with Crippen LogP contribution >= 0.6 is 0 Å². The molecule has 3 rings (SSSR count). The molecule has 0 saturated heterocycles. The molecule has 2 aromatic rings. The predicted molar refractivity (Wildman–Crippen MR) is 103 cm³/mol. The van der Waals surface area contributed by atoms with Gasteiger partial charge >= 0.3 is 5.97 Å². The van der Waals surface area contributed by atoms with Crippen LogP contribution in [0.2, 0.25) is 0 Å². The maximum atomic E-state index is 13.0. The Kier molecular flexibility index (Phi) is 6.06. The minimum atomic E-state index is -1.04. The van der Waals surface area contributed by atoms with Gasteiger partial charge in [0, 0.05) is 31.6 Å². The fourth-order valence-electron chi connectivity index (χ4n) is 3.46. The molecule has 2 aromatic heterocycles. The summed E-state index contributed by atoms with van der Waals surface area (Å²) in [6.07, 6.45) is 9.30. The first-order chi connectivity index (χ1) is 13.4. The van der Waals surface area contributed by atoms with Gasteiger partial charge in [-0.1, -0.05) is 18.6 Å². The first kappa shape index (κ1) is 20.0. The molecular weight excluding hydrogens is 358 g/mol. The fourth-order valence-corrected chi connectivity index (χ4v) is 3.46. The van der Waals surface area contributed by atoms with Crippen LogP contribution in [0, 0.1) is 11.8 Å². The van der Waals surface area contributed by atoms with Gasteiger partial charge in [0.25, 0.3) is 0 Å². The Bertz CT molecular complexity index is 846.